The number of hydrogen-bond acceptors (Lipinski definition) is 3. The van der Waals surface area contributed by atoms with Crippen LogP contribution in [0.2, 0.25) is 0 Å². The van der Waals surface area contributed by atoms with E-state index >= 15 is 0 Å². The molecule has 0 radical (unpaired) electrons. The molecular weight excluding hydrogens is 310 g/mol. The Bertz CT molecular complexity index is 682. The lowest BCUT2D eigenvalue weighted by Crippen LogP contribution is -2.38. The second-order valence-corrected chi connectivity index (χ2v) is 7.12. The number of piperidine rings is 1. The van der Waals surface area contributed by atoms with Crippen LogP contribution in [0.15, 0.2) is 42.9 Å². The third kappa shape index (κ3) is 4.44. The predicted octanol–water partition coefficient (Wildman–Crippen LogP) is 4.29. The summed E-state index contributed by atoms with van der Waals surface area (Å²) in [6.45, 7) is 5.27. The van der Waals surface area contributed by atoms with Crippen LogP contribution in [-0.2, 0) is 11.2 Å². The summed E-state index contributed by atoms with van der Waals surface area (Å²) >= 11 is 0. The van der Waals surface area contributed by atoms with Crippen molar-refractivity contribution in [2.75, 3.05) is 6.54 Å². The number of hydrogen-bond donors (Lipinski definition) is 0. The van der Waals surface area contributed by atoms with Gasteiger partial charge in [0.2, 0.25) is 5.91 Å². The average molecular weight is 337 g/mol. The lowest BCUT2D eigenvalue weighted by atomic mass is 9.92. The van der Waals surface area contributed by atoms with Crippen LogP contribution in [0.3, 0.4) is 0 Å². The molecule has 1 atom stereocenters. The molecule has 0 aliphatic carbocycles. The van der Waals surface area contributed by atoms with Gasteiger partial charge in [-0.2, -0.15) is 0 Å². The summed E-state index contributed by atoms with van der Waals surface area (Å²) in [5.74, 6) is 0.758. The molecule has 0 saturated carbocycles. The van der Waals surface area contributed by atoms with Crippen molar-refractivity contribution in [1.29, 1.82) is 0 Å². The van der Waals surface area contributed by atoms with Crippen LogP contribution in [0.5, 0.6) is 0 Å². The molecule has 1 aromatic heterocycles. The fourth-order valence-electron chi connectivity index (χ4n) is 3.52. The van der Waals surface area contributed by atoms with Gasteiger partial charge in [0.1, 0.15) is 0 Å². The van der Waals surface area contributed by atoms with Crippen molar-refractivity contribution in [1.82, 2.24) is 14.9 Å². The molecule has 2 heterocycles. The standard InChI is InChI=1S/C21H27N3O/c1-16(2)17-6-8-18(9-7-17)20-5-3-4-14-24(20)21(25)11-10-19-15-22-12-13-23-19/h6-9,12-13,15-16,20H,3-5,10-11,14H2,1-2H3/t20-/m1/s1. The molecule has 0 N–H and O–H groups in total. The Morgan fingerprint density at radius 2 is 2.00 bits per heavy atom. The summed E-state index contributed by atoms with van der Waals surface area (Å²) in [7, 11) is 0. The molecule has 4 heteroatoms. The molecular formula is C21H27N3O. The van der Waals surface area contributed by atoms with Gasteiger partial charge in [-0.1, -0.05) is 38.1 Å². The molecule has 1 amide bonds. The molecule has 1 fully saturated rings. The van der Waals surface area contributed by atoms with Gasteiger partial charge in [0.25, 0.3) is 0 Å². The number of carbonyl (C=O) groups excluding carboxylic acids is 1. The molecule has 0 spiro atoms. The van der Waals surface area contributed by atoms with E-state index in [-0.39, 0.29) is 11.9 Å². The van der Waals surface area contributed by atoms with Gasteiger partial charge in [0.05, 0.1) is 11.7 Å². The van der Waals surface area contributed by atoms with Crippen molar-refractivity contribution in [3.63, 3.8) is 0 Å². The average Bonchev–Trinajstić information content (AvgIpc) is 2.67. The number of aromatic nitrogens is 2. The highest BCUT2D eigenvalue weighted by Crippen LogP contribution is 2.32. The fraction of sp³-hybridized carbons (Fsp3) is 0.476. The Hall–Kier alpha value is -2.23. The molecule has 3 rings (SSSR count). The molecule has 1 aliphatic heterocycles. The van der Waals surface area contributed by atoms with E-state index in [2.05, 4.69) is 53.0 Å². The zero-order valence-corrected chi connectivity index (χ0v) is 15.2. The highest BCUT2D eigenvalue weighted by Gasteiger charge is 2.27. The number of rotatable bonds is 5. The maximum Gasteiger partial charge on any atom is 0.223 e. The van der Waals surface area contributed by atoms with Gasteiger partial charge >= 0.3 is 0 Å². The molecule has 1 saturated heterocycles. The Labute approximate surface area is 150 Å². The van der Waals surface area contributed by atoms with Crippen LogP contribution in [0.4, 0.5) is 0 Å². The zero-order valence-electron chi connectivity index (χ0n) is 15.2. The van der Waals surface area contributed by atoms with Crippen LogP contribution in [0.1, 0.15) is 68.3 Å². The highest BCUT2D eigenvalue weighted by molar-refractivity contribution is 5.77. The highest BCUT2D eigenvalue weighted by atomic mass is 16.2. The van der Waals surface area contributed by atoms with Gasteiger partial charge in [-0.25, -0.2) is 0 Å². The lowest BCUT2D eigenvalue weighted by molar-refractivity contribution is -0.135. The summed E-state index contributed by atoms with van der Waals surface area (Å²) in [6.07, 6.45) is 9.57. The van der Waals surface area contributed by atoms with Crippen molar-refractivity contribution in [3.05, 3.63) is 59.7 Å². The van der Waals surface area contributed by atoms with Gasteiger partial charge in [0, 0.05) is 31.6 Å². The number of nitrogens with zero attached hydrogens (tertiary/aromatic N) is 3. The van der Waals surface area contributed by atoms with E-state index in [1.165, 1.54) is 17.5 Å². The lowest BCUT2D eigenvalue weighted by Gasteiger charge is -2.36. The van der Waals surface area contributed by atoms with Crippen LogP contribution in [-0.4, -0.2) is 27.3 Å². The quantitative estimate of drug-likeness (QED) is 0.818. The largest absolute Gasteiger partial charge is 0.336 e. The van der Waals surface area contributed by atoms with Gasteiger partial charge in [0.15, 0.2) is 0 Å². The summed E-state index contributed by atoms with van der Waals surface area (Å²) in [5.41, 5.74) is 3.49. The minimum atomic E-state index is 0.212. The summed E-state index contributed by atoms with van der Waals surface area (Å²) in [6, 6.07) is 9.03. The third-order valence-corrected chi connectivity index (χ3v) is 5.02. The first-order valence-corrected chi connectivity index (χ1v) is 9.29. The molecule has 1 aromatic carbocycles. The maximum atomic E-state index is 12.8. The normalized spacial score (nSPS) is 17.7. The van der Waals surface area contributed by atoms with Gasteiger partial charge in [-0.3, -0.25) is 14.8 Å². The van der Waals surface area contributed by atoms with E-state index in [0.717, 1.165) is 25.1 Å². The number of aryl methyl sites for hydroxylation is 1. The Kier molecular flexibility index (Phi) is 5.79. The molecule has 0 unspecified atom stereocenters. The zero-order chi connectivity index (χ0) is 17.6. The summed E-state index contributed by atoms with van der Waals surface area (Å²) in [4.78, 5) is 23.2. The minimum absolute atomic E-state index is 0.212. The minimum Gasteiger partial charge on any atom is -0.336 e. The van der Waals surface area contributed by atoms with Crippen LogP contribution in [0.25, 0.3) is 0 Å². The number of likely N-dealkylation sites (tertiary alicyclic amines) is 1. The second kappa shape index (κ2) is 8.24. The van der Waals surface area contributed by atoms with E-state index in [4.69, 9.17) is 0 Å². The van der Waals surface area contributed by atoms with Crippen molar-refractivity contribution in [2.45, 2.75) is 57.9 Å². The van der Waals surface area contributed by atoms with Crippen molar-refractivity contribution in [3.8, 4) is 0 Å². The van der Waals surface area contributed by atoms with Crippen LogP contribution in [0, 0.1) is 0 Å². The van der Waals surface area contributed by atoms with E-state index in [0.29, 0.717) is 18.8 Å². The summed E-state index contributed by atoms with van der Waals surface area (Å²) < 4.78 is 0. The molecule has 0 bridgehead atoms. The Balaban J connectivity index is 1.68. The number of benzene rings is 1. The van der Waals surface area contributed by atoms with Crippen molar-refractivity contribution in [2.24, 2.45) is 0 Å². The van der Waals surface area contributed by atoms with Crippen LogP contribution >= 0.6 is 0 Å². The van der Waals surface area contributed by atoms with E-state index in [9.17, 15) is 4.79 Å². The Morgan fingerprint density at radius 3 is 2.68 bits per heavy atom. The third-order valence-electron chi connectivity index (χ3n) is 5.02. The molecule has 25 heavy (non-hydrogen) atoms. The SMILES string of the molecule is CC(C)c1ccc([C@H]2CCCCN2C(=O)CCc2cnccn2)cc1. The molecule has 132 valence electrons. The Morgan fingerprint density at radius 1 is 1.20 bits per heavy atom. The van der Waals surface area contributed by atoms with Crippen molar-refractivity contribution < 1.29 is 4.79 Å². The smallest absolute Gasteiger partial charge is 0.223 e. The number of amides is 1. The first-order valence-electron chi connectivity index (χ1n) is 9.29. The monoisotopic (exact) mass is 337 g/mol. The van der Waals surface area contributed by atoms with Gasteiger partial charge < -0.3 is 4.90 Å². The first-order chi connectivity index (χ1) is 12.1. The summed E-state index contributed by atoms with van der Waals surface area (Å²) in [5, 5.41) is 0. The number of carbonyl (C=O) groups is 1. The fourth-order valence-corrected chi connectivity index (χ4v) is 3.52. The van der Waals surface area contributed by atoms with Crippen LogP contribution < -0.4 is 0 Å². The first kappa shape index (κ1) is 17.6. The maximum absolute atomic E-state index is 12.8. The van der Waals surface area contributed by atoms with Gasteiger partial charge in [-0.05, 0) is 42.7 Å². The van der Waals surface area contributed by atoms with E-state index in [1.807, 2.05) is 0 Å². The van der Waals surface area contributed by atoms with E-state index < -0.39 is 0 Å². The van der Waals surface area contributed by atoms with Gasteiger partial charge in [-0.15, -0.1) is 0 Å². The van der Waals surface area contributed by atoms with E-state index in [1.54, 1.807) is 18.6 Å². The second-order valence-electron chi connectivity index (χ2n) is 7.12. The molecule has 4 nitrogen and oxygen atoms in total. The topological polar surface area (TPSA) is 46.1 Å². The van der Waals surface area contributed by atoms with Crippen molar-refractivity contribution >= 4 is 5.91 Å². The molecule has 1 aliphatic rings. The predicted molar refractivity (Wildman–Crippen MR) is 99.2 cm³/mol. The molecule has 2 aromatic rings.